The highest BCUT2D eigenvalue weighted by Gasteiger charge is 2.74. The molecule has 0 bridgehead atoms. The molecule has 45 heavy (non-hydrogen) atoms. The summed E-state index contributed by atoms with van der Waals surface area (Å²) in [5.41, 5.74) is 1.79. The standard InChI is InChI=1S/C36H31IN2O6/c1-2-19-44-25-16-13-23(14-17-25)32-36(26-20-24(37)15-18-27(26)38-35(36)43)28(33(40)41)30-34(42)45-31(22-11-7-4-8-12-22)29(39(30)32)21-9-5-3-6-10-21/h3-18,20,28-32H,2,19H2,1H3,(H,38,43)(H,40,41)/t28-,29-,30-,31+,32+,36-/m0/s1. The van der Waals surface area contributed by atoms with Gasteiger partial charge in [0.2, 0.25) is 5.91 Å². The zero-order valence-corrected chi connectivity index (χ0v) is 26.6. The van der Waals surface area contributed by atoms with E-state index in [0.717, 1.165) is 21.1 Å². The Morgan fingerprint density at radius 2 is 1.58 bits per heavy atom. The van der Waals surface area contributed by atoms with Crippen molar-refractivity contribution in [3.63, 3.8) is 0 Å². The number of carboxylic acid groups (broad SMARTS) is 1. The normalized spacial score (nSPS) is 27.0. The van der Waals surface area contributed by atoms with Crippen LogP contribution in [0.4, 0.5) is 5.69 Å². The minimum atomic E-state index is -1.64. The number of hydrogen-bond donors (Lipinski definition) is 2. The largest absolute Gasteiger partial charge is 0.494 e. The number of morpholine rings is 1. The average molecular weight is 715 g/mol. The predicted octanol–water partition coefficient (Wildman–Crippen LogP) is 6.44. The number of nitrogens with zero attached hydrogens (tertiary/aromatic N) is 1. The lowest BCUT2D eigenvalue weighted by atomic mass is 9.65. The third-order valence-corrected chi connectivity index (χ3v) is 9.88. The molecular weight excluding hydrogens is 683 g/mol. The molecule has 0 saturated carbocycles. The second kappa shape index (κ2) is 11.6. The summed E-state index contributed by atoms with van der Waals surface area (Å²) in [7, 11) is 0. The van der Waals surface area contributed by atoms with Gasteiger partial charge in [-0.2, -0.15) is 0 Å². The predicted molar refractivity (Wildman–Crippen MR) is 176 cm³/mol. The Morgan fingerprint density at radius 1 is 0.911 bits per heavy atom. The van der Waals surface area contributed by atoms with Crippen molar-refractivity contribution in [2.24, 2.45) is 5.92 Å². The first-order valence-corrected chi connectivity index (χ1v) is 16.1. The second-order valence-electron chi connectivity index (χ2n) is 11.7. The fraction of sp³-hybridized carbons (Fsp3) is 0.250. The molecule has 1 spiro atoms. The third-order valence-electron chi connectivity index (χ3n) is 9.20. The zero-order chi connectivity index (χ0) is 31.3. The monoisotopic (exact) mass is 714 g/mol. The lowest BCUT2D eigenvalue weighted by molar-refractivity contribution is -0.179. The van der Waals surface area contributed by atoms with Gasteiger partial charge < -0.3 is 19.9 Å². The smallest absolute Gasteiger partial charge is 0.325 e. The van der Waals surface area contributed by atoms with E-state index in [1.54, 1.807) is 6.07 Å². The van der Waals surface area contributed by atoms with Gasteiger partial charge in [0.15, 0.2) is 0 Å². The summed E-state index contributed by atoms with van der Waals surface area (Å²) in [6, 6.07) is 29.5. The Morgan fingerprint density at radius 3 is 2.22 bits per heavy atom. The summed E-state index contributed by atoms with van der Waals surface area (Å²) in [6.07, 6.45) is 0.0945. The number of nitrogens with one attached hydrogen (secondary N) is 1. The number of fused-ring (bicyclic) bond motifs is 3. The number of amides is 1. The van der Waals surface area contributed by atoms with E-state index in [9.17, 15) is 19.5 Å². The topological polar surface area (TPSA) is 105 Å². The number of hydrogen-bond acceptors (Lipinski definition) is 6. The van der Waals surface area contributed by atoms with Crippen molar-refractivity contribution in [3.8, 4) is 5.75 Å². The summed E-state index contributed by atoms with van der Waals surface area (Å²) in [4.78, 5) is 44.2. The highest BCUT2D eigenvalue weighted by molar-refractivity contribution is 14.1. The number of carboxylic acids is 1. The van der Waals surface area contributed by atoms with E-state index in [1.807, 2.05) is 109 Å². The van der Waals surface area contributed by atoms with Gasteiger partial charge in [-0.3, -0.25) is 19.3 Å². The zero-order valence-electron chi connectivity index (χ0n) is 24.4. The first-order chi connectivity index (χ1) is 21.9. The quantitative estimate of drug-likeness (QED) is 0.168. The van der Waals surface area contributed by atoms with E-state index in [-0.39, 0.29) is 0 Å². The van der Waals surface area contributed by atoms with Crippen LogP contribution in [0, 0.1) is 9.49 Å². The molecular formula is C36H31IN2O6. The fourth-order valence-electron chi connectivity index (χ4n) is 7.51. The number of rotatable bonds is 7. The van der Waals surface area contributed by atoms with Gasteiger partial charge >= 0.3 is 11.9 Å². The van der Waals surface area contributed by atoms with Crippen LogP contribution in [0.15, 0.2) is 103 Å². The number of carbonyl (C=O) groups is 3. The lowest BCUT2D eigenvalue weighted by Crippen LogP contribution is -2.52. The molecule has 6 atom stereocenters. The first-order valence-electron chi connectivity index (χ1n) is 15.0. The Bertz CT molecular complexity index is 1770. The molecule has 0 aromatic heterocycles. The molecule has 4 aromatic rings. The molecule has 1 amide bonds. The molecule has 0 aliphatic carbocycles. The number of cyclic esters (lactones) is 1. The van der Waals surface area contributed by atoms with Crippen LogP contribution in [-0.4, -0.2) is 40.5 Å². The summed E-state index contributed by atoms with van der Waals surface area (Å²) >= 11 is 2.17. The van der Waals surface area contributed by atoms with Crippen LogP contribution in [0.3, 0.4) is 0 Å². The molecule has 2 fully saturated rings. The second-order valence-corrected chi connectivity index (χ2v) is 12.9. The molecule has 8 nitrogen and oxygen atoms in total. The molecule has 3 aliphatic heterocycles. The third kappa shape index (κ3) is 4.63. The number of benzene rings is 4. The molecule has 2 N–H and O–H groups in total. The van der Waals surface area contributed by atoms with Gasteiger partial charge in [-0.1, -0.05) is 79.7 Å². The van der Waals surface area contributed by atoms with E-state index >= 15 is 0 Å². The Kier molecular flexibility index (Phi) is 7.61. The highest BCUT2D eigenvalue weighted by Crippen LogP contribution is 2.64. The number of esters is 1. The molecule has 3 heterocycles. The number of aliphatic carboxylic acids is 1. The summed E-state index contributed by atoms with van der Waals surface area (Å²) in [5, 5.41) is 14.0. The van der Waals surface area contributed by atoms with Crippen LogP contribution in [0.5, 0.6) is 5.75 Å². The number of anilines is 1. The highest BCUT2D eigenvalue weighted by atomic mass is 127. The van der Waals surface area contributed by atoms with Gasteiger partial charge in [-0.05, 0) is 81.6 Å². The average Bonchev–Trinajstić information content (AvgIpc) is 3.53. The van der Waals surface area contributed by atoms with E-state index in [2.05, 4.69) is 27.9 Å². The van der Waals surface area contributed by atoms with Gasteiger partial charge in [-0.25, -0.2) is 0 Å². The fourth-order valence-corrected chi connectivity index (χ4v) is 8.00. The number of ether oxygens (including phenoxy) is 2. The van der Waals surface area contributed by atoms with Crippen molar-refractivity contribution in [2.45, 2.75) is 43.0 Å². The molecule has 228 valence electrons. The van der Waals surface area contributed by atoms with Crippen LogP contribution in [0.1, 0.15) is 53.8 Å². The van der Waals surface area contributed by atoms with Crippen LogP contribution < -0.4 is 10.1 Å². The van der Waals surface area contributed by atoms with Gasteiger partial charge in [0.05, 0.1) is 18.7 Å². The molecule has 0 radical (unpaired) electrons. The molecule has 4 aromatic carbocycles. The van der Waals surface area contributed by atoms with E-state index in [4.69, 9.17) is 9.47 Å². The Balaban J connectivity index is 1.53. The minimum Gasteiger partial charge on any atom is -0.494 e. The van der Waals surface area contributed by atoms with Crippen LogP contribution in [0.25, 0.3) is 0 Å². The van der Waals surface area contributed by atoms with E-state index in [0.29, 0.717) is 29.2 Å². The maximum Gasteiger partial charge on any atom is 0.325 e. The SMILES string of the molecule is CCCOc1ccc([C@H]2N3[C@H](C(=O)O[C@H](c4ccccc4)[C@@H]3c3ccccc3)[C@@H](C(=O)O)[C@]23C(=O)Nc2ccc(I)cc23)cc1. The minimum absolute atomic E-state index is 0.450. The summed E-state index contributed by atoms with van der Waals surface area (Å²) in [5.74, 6) is -3.12. The molecule has 0 unspecified atom stereocenters. The Hall–Kier alpha value is -4.22. The van der Waals surface area contributed by atoms with Gasteiger partial charge in [0, 0.05) is 9.26 Å². The number of carbonyl (C=O) groups excluding carboxylic acids is 2. The molecule has 7 rings (SSSR count). The van der Waals surface area contributed by atoms with Crippen LogP contribution >= 0.6 is 22.6 Å². The van der Waals surface area contributed by atoms with Crippen molar-refractivity contribution >= 4 is 46.1 Å². The van der Waals surface area contributed by atoms with E-state index in [1.165, 1.54) is 0 Å². The van der Waals surface area contributed by atoms with Crippen molar-refractivity contribution in [1.82, 2.24) is 4.90 Å². The van der Waals surface area contributed by atoms with Crippen molar-refractivity contribution in [2.75, 3.05) is 11.9 Å². The summed E-state index contributed by atoms with van der Waals surface area (Å²) in [6.45, 7) is 2.58. The Labute approximate surface area is 274 Å². The van der Waals surface area contributed by atoms with Gasteiger partial charge in [0.25, 0.3) is 0 Å². The first kappa shape index (κ1) is 29.5. The molecule has 9 heteroatoms. The van der Waals surface area contributed by atoms with Crippen molar-refractivity contribution < 1.29 is 29.0 Å². The molecule has 3 aliphatic rings. The van der Waals surface area contributed by atoms with Crippen molar-refractivity contribution in [3.05, 3.63) is 129 Å². The van der Waals surface area contributed by atoms with Gasteiger partial charge in [0.1, 0.15) is 29.2 Å². The maximum atomic E-state index is 14.5. The maximum absolute atomic E-state index is 14.5. The number of halogens is 1. The lowest BCUT2D eigenvalue weighted by Gasteiger charge is -2.46. The van der Waals surface area contributed by atoms with Crippen LogP contribution in [-0.2, 0) is 24.5 Å². The van der Waals surface area contributed by atoms with E-state index < -0.39 is 53.4 Å². The molecule has 2 saturated heterocycles. The van der Waals surface area contributed by atoms with Crippen molar-refractivity contribution in [1.29, 1.82) is 0 Å². The van der Waals surface area contributed by atoms with Gasteiger partial charge in [-0.15, -0.1) is 0 Å². The van der Waals surface area contributed by atoms with Crippen LogP contribution in [0.2, 0.25) is 0 Å². The summed E-state index contributed by atoms with van der Waals surface area (Å²) < 4.78 is 13.0.